The maximum atomic E-state index is 13.2. The summed E-state index contributed by atoms with van der Waals surface area (Å²) in [7, 11) is 0. The first-order valence-corrected chi connectivity index (χ1v) is 9.60. The molecule has 7 heteroatoms. The molecule has 1 aromatic carbocycles. The fraction of sp³-hybridized carbons (Fsp3) is 0.476. The lowest BCUT2D eigenvalue weighted by Crippen LogP contribution is -2.63. The zero-order chi connectivity index (χ0) is 20.4. The molecule has 150 valence electrons. The van der Waals surface area contributed by atoms with Gasteiger partial charge >= 0.3 is 0 Å². The Balaban J connectivity index is 1.87. The second-order valence-corrected chi connectivity index (χ2v) is 8.05. The molecule has 2 aromatic rings. The summed E-state index contributed by atoms with van der Waals surface area (Å²) in [4.78, 5) is 27.4. The first-order chi connectivity index (χ1) is 13.3. The normalized spacial score (nSPS) is 20.0. The number of aromatic nitrogens is 1. The summed E-state index contributed by atoms with van der Waals surface area (Å²) in [5.41, 5.74) is 0.772. The van der Waals surface area contributed by atoms with Crippen molar-refractivity contribution < 1.29 is 18.5 Å². The van der Waals surface area contributed by atoms with Crippen LogP contribution < -0.4 is 5.32 Å². The maximum absolute atomic E-state index is 13.2. The lowest BCUT2D eigenvalue weighted by Gasteiger charge is -2.41. The molecule has 1 fully saturated rings. The minimum atomic E-state index is -0.534. The van der Waals surface area contributed by atoms with Crippen LogP contribution in [-0.2, 0) is 4.79 Å². The molecular formula is C21H26FN3O3. The van der Waals surface area contributed by atoms with E-state index in [-0.39, 0.29) is 41.2 Å². The van der Waals surface area contributed by atoms with Crippen LogP contribution in [0.3, 0.4) is 0 Å². The molecule has 0 unspecified atom stereocenters. The number of nitrogens with zero attached hydrogens (tertiary/aromatic N) is 2. The number of rotatable bonds is 5. The van der Waals surface area contributed by atoms with E-state index < -0.39 is 6.04 Å². The van der Waals surface area contributed by atoms with Gasteiger partial charge in [-0.2, -0.15) is 0 Å². The highest BCUT2D eigenvalue weighted by atomic mass is 19.1. The van der Waals surface area contributed by atoms with Crippen LogP contribution in [0.4, 0.5) is 4.39 Å². The van der Waals surface area contributed by atoms with Crippen molar-refractivity contribution in [3.8, 4) is 11.3 Å². The van der Waals surface area contributed by atoms with Crippen LogP contribution in [0.1, 0.15) is 44.6 Å². The summed E-state index contributed by atoms with van der Waals surface area (Å²) < 4.78 is 18.4. The summed E-state index contributed by atoms with van der Waals surface area (Å²) in [5.74, 6) is 0.0263. The highest BCUT2D eigenvalue weighted by Crippen LogP contribution is 2.24. The van der Waals surface area contributed by atoms with Crippen molar-refractivity contribution in [2.75, 3.05) is 6.54 Å². The highest BCUT2D eigenvalue weighted by molar-refractivity contribution is 5.97. The molecule has 28 heavy (non-hydrogen) atoms. The van der Waals surface area contributed by atoms with Gasteiger partial charge in [0.2, 0.25) is 5.91 Å². The molecule has 0 radical (unpaired) electrons. The van der Waals surface area contributed by atoms with Crippen LogP contribution in [0.25, 0.3) is 11.3 Å². The van der Waals surface area contributed by atoms with Gasteiger partial charge in [0.05, 0.1) is 0 Å². The molecule has 1 aliphatic rings. The predicted octanol–water partition coefficient (Wildman–Crippen LogP) is 3.49. The fourth-order valence-electron chi connectivity index (χ4n) is 3.36. The first-order valence-electron chi connectivity index (χ1n) is 9.60. The maximum Gasteiger partial charge on any atom is 0.276 e. The van der Waals surface area contributed by atoms with Gasteiger partial charge in [-0.25, -0.2) is 4.39 Å². The molecule has 1 saturated heterocycles. The number of piperazine rings is 1. The third-order valence-corrected chi connectivity index (χ3v) is 5.02. The molecule has 2 amide bonds. The topological polar surface area (TPSA) is 75.4 Å². The van der Waals surface area contributed by atoms with Crippen LogP contribution in [-0.4, -0.2) is 40.5 Å². The number of benzene rings is 1. The Hall–Kier alpha value is -2.70. The van der Waals surface area contributed by atoms with Gasteiger partial charge in [0.25, 0.3) is 5.91 Å². The van der Waals surface area contributed by atoms with Crippen molar-refractivity contribution in [1.82, 2.24) is 15.4 Å². The molecule has 1 aliphatic heterocycles. The van der Waals surface area contributed by atoms with Gasteiger partial charge in [0, 0.05) is 24.2 Å². The van der Waals surface area contributed by atoms with Crippen molar-refractivity contribution >= 4 is 11.8 Å². The quantitative estimate of drug-likeness (QED) is 0.852. The predicted molar refractivity (Wildman–Crippen MR) is 103 cm³/mol. The SMILES string of the molecule is CC(C)C[C@H]1C(=O)N[C@@H](C(C)C)CN1C(=O)c1cc(-c2ccc(F)cc2)on1. The minimum absolute atomic E-state index is 0.108. The number of amides is 2. The van der Waals surface area contributed by atoms with E-state index in [4.69, 9.17) is 4.52 Å². The molecule has 2 atom stereocenters. The number of hydrogen-bond donors (Lipinski definition) is 1. The van der Waals surface area contributed by atoms with E-state index in [1.807, 2.05) is 27.7 Å². The second kappa shape index (κ2) is 8.12. The summed E-state index contributed by atoms with van der Waals surface area (Å²) in [6, 6.07) is 6.67. The van der Waals surface area contributed by atoms with Crippen molar-refractivity contribution in [1.29, 1.82) is 0 Å². The zero-order valence-corrected chi connectivity index (χ0v) is 16.6. The molecule has 0 bridgehead atoms. The van der Waals surface area contributed by atoms with Gasteiger partial charge in [-0.05, 0) is 42.5 Å². The number of nitrogens with one attached hydrogen (secondary N) is 1. The van der Waals surface area contributed by atoms with Crippen LogP contribution in [0, 0.1) is 17.7 Å². The van der Waals surface area contributed by atoms with Crippen LogP contribution in [0.15, 0.2) is 34.9 Å². The van der Waals surface area contributed by atoms with Gasteiger partial charge in [-0.3, -0.25) is 9.59 Å². The molecule has 0 saturated carbocycles. The molecule has 0 spiro atoms. The molecule has 1 N–H and O–H groups in total. The summed E-state index contributed by atoms with van der Waals surface area (Å²) >= 11 is 0. The van der Waals surface area contributed by atoms with Gasteiger partial charge in [-0.1, -0.05) is 32.9 Å². The highest BCUT2D eigenvalue weighted by Gasteiger charge is 2.39. The van der Waals surface area contributed by atoms with Crippen LogP contribution in [0.5, 0.6) is 0 Å². The average Bonchev–Trinajstić information content (AvgIpc) is 3.13. The lowest BCUT2D eigenvalue weighted by atomic mass is 9.94. The molecule has 3 rings (SSSR count). The Bertz CT molecular complexity index is 845. The van der Waals surface area contributed by atoms with E-state index in [1.54, 1.807) is 23.1 Å². The molecule has 0 aliphatic carbocycles. The molecule has 1 aromatic heterocycles. The Morgan fingerprint density at radius 2 is 1.96 bits per heavy atom. The van der Waals surface area contributed by atoms with Crippen LogP contribution in [0.2, 0.25) is 0 Å². The Kier molecular flexibility index (Phi) is 5.82. The Morgan fingerprint density at radius 3 is 2.57 bits per heavy atom. The number of hydrogen-bond acceptors (Lipinski definition) is 4. The molecular weight excluding hydrogens is 361 g/mol. The standard InChI is InChI=1S/C21H26FN3O3/c1-12(2)9-18-20(26)23-17(13(3)4)11-25(18)21(27)16-10-19(28-24-16)14-5-7-15(22)8-6-14/h5-8,10,12-13,17-18H,9,11H2,1-4H3,(H,23,26)/t17-,18+/m1/s1. The smallest absolute Gasteiger partial charge is 0.276 e. The van der Waals surface area contributed by atoms with E-state index >= 15 is 0 Å². The third kappa shape index (κ3) is 4.24. The van der Waals surface area contributed by atoms with Gasteiger partial charge in [0.1, 0.15) is 11.9 Å². The Labute approximate surface area is 164 Å². The van der Waals surface area contributed by atoms with Crippen molar-refractivity contribution in [3.63, 3.8) is 0 Å². The van der Waals surface area contributed by atoms with E-state index in [0.717, 1.165) is 0 Å². The summed E-state index contributed by atoms with van der Waals surface area (Å²) in [6.45, 7) is 8.50. The lowest BCUT2D eigenvalue weighted by molar-refractivity contribution is -0.130. The number of carbonyl (C=O) groups is 2. The average molecular weight is 387 g/mol. The zero-order valence-electron chi connectivity index (χ0n) is 16.6. The van der Waals surface area contributed by atoms with Crippen molar-refractivity contribution in [2.45, 2.75) is 46.2 Å². The fourth-order valence-corrected chi connectivity index (χ4v) is 3.36. The monoisotopic (exact) mass is 387 g/mol. The van der Waals surface area contributed by atoms with Crippen molar-refractivity contribution in [2.24, 2.45) is 11.8 Å². The Morgan fingerprint density at radius 1 is 1.29 bits per heavy atom. The second-order valence-electron chi connectivity index (χ2n) is 8.05. The third-order valence-electron chi connectivity index (χ3n) is 5.02. The van der Waals surface area contributed by atoms with Crippen LogP contribution >= 0.6 is 0 Å². The minimum Gasteiger partial charge on any atom is -0.355 e. The first kappa shape index (κ1) is 20.0. The van der Waals surface area contributed by atoms with Crippen molar-refractivity contribution in [3.05, 3.63) is 41.8 Å². The van der Waals surface area contributed by atoms with Gasteiger partial charge < -0.3 is 14.7 Å². The van der Waals surface area contributed by atoms with Gasteiger partial charge in [0.15, 0.2) is 11.5 Å². The van der Waals surface area contributed by atoms with E-state index in [1.165, 1.54) is 12.1 Å². The largest absolute Gasteiger partial charge is 0.355 e. The molecule has 2 heterocycles. The number of halogens is 1. The number of carbonyl (C=O) groups excluding carboxylic acids is 2. The van der Waals surface area contributed by atoms with E-state index in [9.17, 15) is 14.0 Å². The summed E-state index contributed by atoms with van der Waals surface area (Å²) in [5, 5.41) is 6.94. The van der Waals surface area contributed by atoms with E-state index in [2.05, 4.69) is 10.5 Å². The van der Waals surface area contributed by atoms with E-state index in [0.29, 0.717) is 24.3 Å². The summed E-state index contributed by atoms with van der Waals surface area (Å²) in [6.07, 6.45) is 0.574. The molecule has 6 nitrogen and oxygen atoms in total. The van der Waals surface area contributed by atoms with Gasteiger partial charge in [-0.15, -0.1) is 0 Å².